The van der Waals surface area contributed by atoms with Crippen LogP contribution in [0.4, 0.5) is 0 Å². The lowest BCUT2D eigenvalue weighted by Crippen LogP contribution is -2.52. The highest BCUT2D eigenvalue weighted by molar-refractivity contribution is 7.10. The Hall–Kier alpha value is -3.44. The van der Waals surface area contributed by atoms with Gasteiger partial charge in [-0.15, -0.1) is 11.3 Å². The van der Waals surface area contributed by atoms with Crippen LogP contribution in [0, 0.1) is 0 Å². The topological polar surface area (TPSA) is 40.6 Å². The maximum Gasteiger partial charge on any atom is 0.254 e. The Morgan fingerprint density at radius 2 is 1.66 bits per heavy atom. The zero-order chi connectivity index (χ0) is 24.6. The number of amides is 2. The zero-order valence-electron chi connectivity index (χ0n) is 20.4. The second-order valence-corrected chi connectivity index (χ2v) is 11.1. The molecule has 5 rings (SSSR count). The average molecular weight is 483 g/mol. The Balaban J connectivity index is 1.46. The third-order valence-electron chi connectivity index (χ3n) is 6.75. The quantitative estimate of drug-likeness (QED) is 0.342. The van der Waals surface area contributed by atoms with Gasteiger partial charge >= 0.3 is 0 Å². The molecule has 35 heavy (non-hydrogen) atoms. The van der Waals surface area contributed by atoms with Crippen molar-refractivity contribution in [1.29, 1.82) is 0 Å². The van der Waals surface area contributed by atoms with E-state index in [0.29, 0.717) is 12.1 Å². The van der Waals surface area contributed by atoms with Gasteiger partial charge in [-0.1, -0.05) is 60.7 Å². The van der Waals surface area contributed by atoms with Crippen LogP contribution in [0.5, 0.6) is 0 Å². The highest BCUT2D eigenvalue weighted by Crippen LogP contribution is 2.38. The summed E-state index contributed by atoms with van der Waals surface area (Å²) in [6.45, 7) is 6.65. The van der Waals surface area contributed by atoms with Crippen molar-refractivity contribution >= 4 is 33.9 Å². The summed E-state index contributed by atoms with van der Waals surface area (Å²) < 4.78 is 0. The molecule has 3 aromatic carbocycles. The summed E-state index contributed by atoms with van der Waals surface area (Å²) in [5, 5.41) is 4.22. The molecule has 0 radical (unpaired) electrons. The molecular formula is C30H30N2O2S. The minimum absolute atomic E-state index is 0.0280. The van der Waals surface area contributed by atoms with Crippen molar-refractivity contribution < 1.29 is 9.59 Å². The average Bonchev–Trinajstić information content (AvgIpc) is 3.34. The van der Waals surface area contributed by atoms with Crippen molar-refractivity contribution in [3.8, 4) is 0 Å². The Morgan fingerprint density at radius 1 is 0.943 bits per heavy atom. The minimum atomic E-state index is -0.510. The summed E-state index contributed by atoms with van der Waals surface area (Å²) in [6.07, 6.45) is 0.843. The lowest BCUT2D eigenvalue weighted by Gasteiger charge is -2.40. The summed E-state index contributed by atoms with van der Waals surface area (Å²) in [5.74, 6) is -0.152. The van der Waals surface area contributed by atoms with Crippen molar-refractivity contribution in [1.82, 2.24) is 9.80 Å². The zero-order valence-corrected chi connectivity index (χ0v) is 21.2. The number of benzene rings is 3. The van der Waals surface area contributed by atoms with Crippen molar-refractivity contribution in [2.24, 2.45) is 0 Å². The normalized spacial score (nSPS) is 15.6. The fourth-order valence-electron chi connectivity index (χ4n) is 4.90. The molecule has 0 aliphatic carbocycles. The minimum Gasteiger partial charge on any atom is -0.330 e. The summed E-state index contributed by atoms with van der Waals surface area (Å²) in [4.78, 5) is 32.6. The SMILES string of the molecule is CC(C)(C)N(CC(=O)N1CCc2sccc2[C@H]1c1ccccc1)C(=O)c1ccc2ccccc2c1. The van der Waals surface area contributed by atoms with E-state index in [2.05, 4.69) is 23.6 Å². The van der Waals surface area contributed by atoms with Crippen LogP contribution in [0.2, 0.25) is 0 Å². The maximum atomic E-state index is 13.9. The first kappa shape index (κ1) is 23.3. The first-order valence-corrected chi connectivity index (χ1v) is 12.9. The molecule has 0 bridgehead atoms. The standard InChI is InChI=1S/C30H30N2O2S/c1-30(2,3)32(29(34)24-14-13-21-9-7-8-12-23(21)19-24)20-27(33)31-17-15-26-25(16-18-35-26)28(31)22-10-5-4-6-11-22/h4-14,16,18-19,28H,15,17,20H2,1-3H3/t28-/m1/s1. The van der Waals surface area contributed by atoms with Crippen LogP contribution in [0.1, 0.15) is 53.2 Å². The Morgan fingerprint density at radius 3 is 2.40 bits per heavy atom. The van der Waals surface area contributed by atoms with Gasteiger partial charge < -0.3 is 9.80 Å². The van der Waals surface area contributed by atoms with Gasteiger partial charge in [0.1, 0.15) is 6.54 Å². The van der Waals surface area contributed by atoms with Crippen LogP contribution < -0.4 is 0 Å². The molecular weight excluding hydrogens is 452 g/mol. The third kappa shape index (κ3) is 4.61. The molecule has 1 aliphatic heterocycles. The Bertz CT molecular complexity index is 1370. The van der Waals surface area contributed by atoms with Gasteiger partial charge in [-0.05, 0) is 72.7 Å². The lowest BCUT2D eigenvalue weighted by molar-refractivity contribution is -0.135. The van der Waals surface area contributed by atoms with Crippen LogP contribution in [-0.4, -0.2) is 40.2 Å². The molecule has 0 saturated heterocycles. The molecule has 2 heterocycles. The second-order valence-electron chi connectivity index (χ2n) is 10.1. The van der Waals surface area contributed by atoms with Crippen LogP contribution >= 0.6 is 11.3 Å². The van der Waals surface area contributed by atoms with Gasteiger partial charge in [0.2, 0.25) is 5.91 Å². The van der Waals surface area contributed by atoms with E-state index in [-0.39, 0.29) is 24.4 Å². The number of thiophene rings is 1. The van der Waals surface area contributed by atoms with Gasteiger partial charge in [0.15, 0.2) is 0 Å². The summed E-state index contributed by atoms with van der Waals surface area (Å²) in [7, 11) is 0. The van der Waals surface area contributed by atoms with Gasteiger partial charge in [-0.2, -0.15) is 0 Å². The molecule has 1 atom stereocenters. The molecule has 0 fully saturated rings. The summed E-state index contributed by atoms with van der Waals surface area (Å²) >= 11 is 1.76. The number of fused-ring (bicyclic) bond motifs is 2. The number of carbonyl (C=O) groups excluding carboxylic acids is 2. The largest absolute Gasteiger partial charge is 0.330 e. The van der Waals surface area contributed by atoms with Gasteiger partial charge in [0.25, 0.3) is 5.91 Å². The van der Waals surface area contributed by atoms with Gasteiger partial charge in [0.05, 0.1) is 6.04 Å². The molecule has 0 N–H and O–H groups in total. The molecule has 0 saturated carbocycles. The molecule has 178 valence electrons. The van der Waals surface area contributed by atoms with E-state index in [1.165, 1.54) is 10.4 Å². The number of carbonyl (C=O) groups is 2. The molecule has 2 amide bonds. The molecule has 0 unspecified atom stereocenters. The third-order valence-corrected chi connectivity index (χ3v) is 7.74. The number of hydrogen-bond donors (Lipinski definition) is 0. The highest BCUT2D eigenvalue weighted by atomic mass is 32.1. The predicted molar refractivity (Wildman–Crippen MR) is 143 cm³/mol. The van der Waals surface area contributed by atoms with E-state index in [9.17, 15) is 9.59 Å². The lowest BCUT2D eigenvalue weighted by atomic mass is 9.93. The molecule has 4 nitrogen and oxygen atoms in total. The van der Waals surface area contributed by atoms with Crippen LogP contribution in [0.3, 0.4) is 0 Å². The van der Waals surface area contributed by atoms with E-state index >= 15 is 0 Å². The van der Waals surface area contributed by atoms with Crippen molar-refractivity contribution in [2.75, 3.05) is 13.1 Å². The van der Waals surface area contributed by atoms with Gasteiger partial charge in [-0.25, -0.2) is 0 Å². The van der Waals surface area contributed by atoms with Gasteiger partial charge in [0, 0.05) is 22.5 Å². The fourth-order valence-corrected chi connectivity index (χ4v) is 5.80. The molecule has 4 aromatic rings. The first-order chi connectivity index (χ1) is 16.8. The molecule has 0 spiro atoms. The van der Waals surface area contributed by atoms with E-state index in [0.717, 1.165) is 22.8 Å². The smallest absolute Gasteiger partial charge is 0.254 e. The molecule has 1 aromatic heterocycles. The molecule has 1 aliphatic rings. The monoisotopic (exact) mass is 482 g/mol. The summed E-state index contributed by atoms with van der Waals surface area (Å²) in [6, 6.07) is 26.0. The summed E-state index contributed by atoms with van der Waals surface area (Å²) in [5.41, 5.74) is 2.39. The molecule has 5 heteroatoms. The van der Waals surface area contributed by atoms with E-state index in [1.54, 1.807) is 16.2 Å². The predicted octanol–water partition coefficient (Wildman–Crippen LogP) is 6.32. The number of rotatable bonds is 4. The first-order valence-electron chi connectivity index (χ1n) is 12.0. The van der Waals surface area contributed by atoms with Gasteiger partial charge in [-0.3, -0.25) is 9.59 Å². The van der Waals surface area contributed by atoms with Crippen molar-refractivity contribution in [3.05, 3.63) is 106 Å². The van der Waals surface area contributed by atoms with E-state index in [4.69, 9.17) is 0 Å². The number of nitrogens with zero attached hydrogens (tertiary/aromatic N) is 2. The number of hydrogen-bond acceptors (Lipinski definition) is 3. The highest BCUT2D eigenvalue weighted by Gasteiger charge is 2.36. The van der Waals surface area contributed by atoms with Crippen molar-refractivity contribution in [3.63, 3.8) is 0 Å². The second kappa shape index (κ2) is 9.31. The van der Waals surface area contributed by atoms with E-state index < -0.39 is 5.54 Å². The van der Waals surface area contributed by atoms with Crippen LogP contribution in [0.25, 0.3) is 10.8 Å². The van der Waals surface area contributed by atoms with Crippen molar-refractivity contribution in [2.45, 2.75) is 38.8 Å². The maximum absolute atomic E-state index is 13.9. The fraction of sp³-hybridized carbons (Fsp3) is 0.267. The van der Waals surface area contributed by atoms with Crippen LogP contribution in [-0.2, 0) is 11.2 Å². The Kier molecular flexibility index (Phi) is 6.20. The van der Waals surface area contributed by atoms with Crippen LogP contribution in [0.15, 0.2) is 84.2 Å². The Labute approximate surface area is 210 Å². The van der Waals surface area contributed by atoms with E-state index in [1.807, 2.05) is 86.3 Å².